The predicted octanol–water partition coefficient (Wildman–Crippen LogP) is 5.19. The Morgan fingerprint density at radius 1 is 1.00 bits per heavy atom. The van der Waals surface area contributed by atoms with E-state index in [1.54, 1.807) is 6.20 Å². The Kier molecular flexibility index (Phi) is 4.72. The van der Waals surface area contributed by atoms with E-state index in [1.807, 2.05) is 60.7 Å². The van der Waals surface area contributed by atoms with Crippen molar-refractivity contribution in [1.29, 1.82) is 0 Å². The van der Waals surface area contributed by atoms with Gasteiger partial charge in [0.05, 0.1) is 9.73 Å². The van der Waals surface area contributed by atoms with Crippen LogP contribution in [0.15, 0.2) is 76.1 Å². The smallest absolute Gasteiger partial charge is 0.169 e. The third-order valence-corrected chi connectivity index (χ3v) is 6.09. The Bertz CT molecular complexity index is 908. The van der Waals surface area contributed by atoms with Crippen LogP contribution in [0.1, 0.15) is 19.8 Å². The summed E-state index contributed by atoms with van der Waals surface area (Å²) in [6, 6.07) is 19.4. The van der Waals surface area contributed by atoms with E-state index >= 15 is 0 Å². The van der Waals surface area contributed by atoms with Crippen molar-refractivity contribution in [2.24, 2.45) is 4.36 Å². The lowest BCUT2D eigenvalue weighted by molar-refractivity contribution is 0.673. The minimum absolute atomic E-state index is 0.554. The molecule has 1 aromatic heterocycles. The first-order valence-electron chi connectivity index (χ1n) is 7.86. The second-order valence-electron chi connectivity index (χ2n) is 5.46. The highest BCUT2D eigenvalue weighted by molar-refractivity contribution is 7.93. The molecule has 0 amide bonds. The molecule has 0 saturated carbocycles. The number of nitrogens with zero attached hydrogens (tertiary/aromatic N) is 2. The van der Waals surface area contributed by atoms with Gasteiger partial charge in [0.1, 0.15) is 0 Å². The molecule has 0 N–H and O–H groups in total. The molecule has 1 atom stereocenters. The number of hydrogen-bond donors (Lipinski definition) is 0. The van der Waals surface area contributed by atoms with Crippen LogP contribution in [-0.2, 0) is 9.73 Å². The van der Waals surface area contributed by atoms with Gasteiger partial charge in [-0.1, -0.05) is 55.8 Å². The van der Waals surface area contributed by atoms with Gasteiger partial charge in [-0.25, -0.2) is 9.19 Å². The van der Waals surface area contributed by atoms with Gasteiger partial charge in [-0.2, -0.15) is 4.36 Å². The molecule has 3 rings (SSSR count). The third-order valence-electron chi connectivity index (χ3n) is 3.77. The highest BCUT2D eigenvalue weighted by Gasteiger charge is 2.13. The molecule has 4 heteroatoms. The standard InChI is InChI=1S/C19H20N2OS/c1-2-3-15-23(22,17-10-5-4-6-11-17)21-19-18-12-8-7-9-16(18)13-14-20-19/h4-14H,2-3,15H2,1H3. The van der Waals surface area contributed by atoms with Crippen molar-refractivity contribution in [2.75, 3.05) is 5.75 Å². The van der Waals surface area contributed by atoms with E-state index in [-0.39, 0.29) is 0 Å². The van der Waals surface area contributed by atoms with Gasteiger partial charge in [0.15, 0.2) is 5.82 Å². The second-order valence-corrected chi connectivity index (χ2v) is 7.80. The molecule has 118 valence electrons. The molecule has 3 aromatic rings. The van der Waals surface area contributed by atoms with Crippen molar-refractivity contribution >= 4 is 26.3 Å². The van der Waals surface area contributed by atoms with Gasteiger partial charge in [-0.05, 0) is 30.0 Å². The fourth-order valence-electron chi connectivity index (χ4n) is 2.51. The molecule has 2 aromatic carbocycles. The average Bonchev–Trinajstić information content (AvgIpc) is 2.61. The van der Waals surface area contributed by atoms with Gasteiger partial charge >= 0.3 is 0 Å². The molecular formula is C19H20N2OS. The topological polar surface area (TPSA) is 42.3 Å². The van der Waals surface area contributed by atoms with E-state index in [0.717, 1.165) is 28.5 Å². The third kappa shape index (κ3) is 3.42. The summed E-state index contributed by atoms with van der Waals surface area (Å²) in [7, 11) is -2.51. The molecule has 0 radical (unpaired) electrons. The van der Waals surface area contributed by atoms with Crippen LogP contribution in [0.2, 0.25) is 0 Å². The van der Waals surface area contributed by atoms with E-state index < -0.39 is 9.73 Å². The van der Waals surface area contributed by atoms with E-state index in [1.165, 1.54) is 0 Å². The van der Waals surface area contributed by atoms with Gasteiger partial charge in [-0.15, -0.1) is 0 Å². The summed E-state index contributed by atoms with van der Waals surface area (Å²) >= 11 is 0. The summed E-state index contributed by atoms with van der Waals surface area (Å²) in [5.74, 6) is 1.12. The number of rotatable bonds is 5. The van der Waals surface area contributed by atoms with Crippen LogP contribution in [0, 0.1) is 0 Å². The van der Waals surface area contributed by atoms with Gasteiger partial charge < -0.3 is 0 Å². The molecule has 23 heavy (non-hydrogen) atoms. The molecule has 1 unspecified atom stereocenters. The number of benzene rings is 2. The monoisotopic (exact) mass is 324 g/mol. The fourth-order valence-corrected chi connectivity index (χ4v) is 4.63. The van der Waals surface area contributed by atoms with Crippen molar-refractivity contribution < 1.29 is 4.21 Å². The SMILES string of the molecule is CCCCS(=O)(=Nc1nccc2ccccc12)c1ccccc1. The van der Waals surface area contributed by atoms with Crippen LogP contribution in [-0.4, -0.2) is 14.9 Å². The molecule has 0 spiro atoms. The Balaban J connectivity index is 2.20. The van der Waals surface area contributed by atoms with Crippen LogP contribution in [0.3, 0.4) is 0 Å². The molecular weight excluding hydrogens is 304 g/mol. The minimum Gasteiger partial charge on any atom is -0.244 e. The molecule has 0 aliphatic rings. The van der Waals surface area contributed by atoms with E-state index in [0.29, 0.717) is 11.6 Å². The highest BCUT2D eigenvalue weighted by Crippen LogP contribution is 2.27. The molecule has 0 aliphatic carbocycles. The number of pyridine rings is 1. The molecule has 0 fully saturated rings. The lowest BCUT2D eigenvalue weighted by Gasteiger charge is -2.10. The Morgan fingerprint density at radius 2 is 1.74 bits per heavy atom. The molecule has 0 bridgehead atoms. The van der Waals surface area contributed by atoms with Gasteiger partial charge in [0.2, 0.25) is 0 Å². The van der Waals surface area contributed by atoms with Crippen LogP contribution in [0.25, 0.3) is 10.8 Å². The Morgan fingerprint density at radius 3 is 2.52 bits per heavy atom. The van der Waals surface area contributed by atoms with Gasteiger partial charge in [0, 0.05) is 22.2 Å². The number of hydrogen-bond acceptors (Lipinski definition) is 3. The summed E-state index contributed by atoms with van der Waals surface area (Å²) in [6.45, 7) is 2.10. The van der Waals surface area contributed by atoms with Crippen molar-refractivity contribution in [3.05, 3.63) is 66.9 Å². The summed E-state index contributed by atoms with van der Waals surface area (Å²) in [6.07, 6.45) is 3.59. The minimum atomic E-state index is -2.51. The maximum atomic E-state index is 13.6. The van der Waals surface area contributed by atoms with Gasteiger partial charge in [-0.3, -0.25) is 0 Å². The van der Waals surface area contributed by atoms with Crippen LogP contribution in [0.4, 0.5) is 5.82 Å². The number of unbranched alkanes of at least 4 members (excludes halogenated alkanes) is 1. The first-order chi connectivity index (χ1) is 11.2. The number of aromatic nitrogens is 1. The maximum absolute atomic E-state index is 13.6. The first-order valence-corrected chi connectivity index (χ1v) is 9.55. The van der Waals surface area contributed by atoms with E-state index in [9.17, 15) is 4.21 Å². The van der Waals surface area contributed by atoms with Crippen LogP contribution < -0.4 is 0 Å². The quantitative estimate of drug-likeness (QED) is 0.648. The predicted molar refractivity (Wildman–Crippen MR) is 96.5 cm³/mol. The first kappa shape index (κ1) is 15.7. The van der Waals surface area contributed by atoms with Crippen molar-refractivity contribution in [1.82, 2.24) is 4.98 Å². The largest absolute Gasteiger partial charge is 0.244 e. The van der Waals surface area contributed by atoms with Crippen molar-refractivity contribution in [2.45, 2.75) is 24.7 Å². The lowest BCUT2D eigenvalue weighted by Crippen LogP contribution is -2.06. The van der Waals surface area contributed by atoms with Gasteiger partial charge in [0.25, 0.3) is 0 Å². The van der Waals surface area contributed by atoms with Crippen LogP contribution >= 0.6 is 0 Å². The molecule has 0 aliphatic heterocycles. The van der Waals surface area contributed by atoms with Crippen molar-refractivity contribution in [3.8, 4) is 0 Å². The van der Waals surface area contributed by atoms with Crippen molar-refractivity contribution in [3.63, 3.8) is 0 Å². The molecule has 1 heterocycles. The molecule has 0 saturated heterocycles. The van der Waals surface area contributed by atoms with E-state index in [4.69, 9.17) is 0 Å². The van der Waals surface area contributed by atoms with Crippen LogP contribution in [0.5, 0.6) is 0 Å². The summed E-state index contributed by atoms with van der Waals surface area (Å²) in [5.41, 5.74) is 0. The summed E-state index contributed by atoms with van der Waals surface area (Å²) < 4.78 is 18.2. The Hall–Kier alpha value is -2.20. The maximum Gasteiger partial charge on any atom is 0.169 e. The highest BCUT2D eigenvalue weighted by atomic mass is 32.2. The molecule has 3 nitrogen and oxygen atoms in total. The summed E-state index contributed by atoms with van der Waals surface area (Å²) in [5, 5.41) is 2.00. The second kappa shape index (κ2) is 6.92. The van der Waals surface area contributed by atoms with E-state index in [2.05, 4.69) is 16.3 Å². The Labute approximate surface area is 137 Å². The zero-order valence-corrected chi connectivity index (χ0v) is 14.0. The normalized spacial score (nSPS) is 13.6. The fraction of sp³-hybridized carbons (Fsp3) is 0.211. The lowest BCUT2D eigenvalue weighted by atomic mass is 10.2. The number of fused-ring (bicyclic) bond motifs is 1. The average molecular weight is 324 g/mol. The zero-order chi connectivity index (χ0) is 16.1. The summed E-state index contributed by atoms with van der Waals surface area (Å²) in [4.78, 5) is 5.16. The zero-order valence-electron chi connectivity index (χ0n) is 13.2.